The standard InChI is InChI=1S/C64H106N12O14/c1-16-41(9)56(47(89-14)36-51(80)75-33-22-27-46(75)58(90-15)42(10)59(83)68-43(11)57(82)44-24-19-18-20-25-44)73(13)63(87)54(39(5)6)71-62(86)55(40(7)8)72(12)52(81)37-67-60(84)45(26-21-31-66-64(65)88)69-61(85)53(38(3)4)70-48(77)30-35-74(17-2)32-23-34-76-49(78)28-29-50(76)79/h18-20,24-25,28-29,38-43,45-47,53-58,82H,16-17,21-23,26-27,30-37H2,1-15H3,(H,67,84)(H,68,83)(H,69,85)(H,70,77)(H,71,86)(H3,65,66,88)/t41-,42+,43+,45?,46-,47+,53-,54-,55-,56-,57+,58+/m0/s1. The number of imide groups is 1. The van der Waals surface area contributed by atoms with Gasteiger partial charge in [0.05, 0.1) is 55.3 Å². The van der Waals surface area contributed by atoms with Gasteiger partial charge in [-0.25, -0.2) is 4.79 Å². The van der Waals surface area contributed by atoms with Crippen LogP contribution in [0.5, 0.6) is 0 Å². The van der Waals surface area contributed by atoms with Crippen molar-refractivity contribution in [2.24, 2.45) is 35.3 Å². The number of urea groups is 1. The van der Waals surface area contributed by atoms with E-state index in [4.69, 9.17) is 15.2 Å². The highest BCUT2D eigenvalue weighted by Gasteiger charge is 2.44. The summed E-state index contributed by atoms with van der Waals surface area (Å²) in [6.45, 7) is 21.3. The second-order valence-corrected chi connectivity index (χ2v) is 24.9. The van der Waals surface area contributed by atoms with E-state index in [9.17, 15) is 57.8 Å². The number of hydrogen-bond acceptors (Lipinski definition) is 15. The monoisotopic (exact) mass is 1270 g/mol. The number of rotatable bonds is 39. The zero-order valence-corrected chi connectivity index (χ0v) is 55.9. The van der Waals surface area contributed by atoms with E-state index in [1.807, 2.05) is 43.9 Å². The summed E-state index contributed by atoms with van der Waals surface area (Å²) < 4.78 is 12.0. The number of aliphatic hydroxyl groups is 1. The van der Waals surface area contributed by atoms with Gasteiger partial charge >= 0.3 is 6.03 Å². The number of likely N-dealkylation sites (tertiary alicyclic amines) is 1. The van der Waals surface area contributed by atoms with Crippen molar-refractivity contribution in [3.05, 3.63) is 48.0 Å². The Hall–Kier alpha value is -7.03. The zero-order chi connectivity index (χ0) is 67.7. The molecule has 1 aromatic rings. The van der Waals surface area contributed by atoms with Crippen LogP contribution in [-0.2, 0) is 57.4 Å². The normalized spacial score (nSPS) is 17.8. The number of ether oxygens (including phenoxy) is 2. The molecular weight excluding hydrogens is 1160 g/mol. The first-order valence-corrected chi connectivity index (χ1v) is 31.8. The number of aliphatic hydroxyl groups excluding tert-OH is 1. The quantitative estimate of drug-likeness (QED) is 0.0345. The lowest BCUT2D eigenvalue weighted by atomic mass is 9.89. The number of carbonyl (C=O) groups excluding carboxylic acids is 11. The molecule has 0 saturated carbocycles. The Morgan fingerprint density at radius 3 is 1.92 bits per heavy atom. The maximum atomic E-state index is 14.8. The van der Waals surface area contributed by atoms with Crippen LogP contribution in [0, 0.1) is 29.6 Å². The largest absolute Gasteiger partial charge is 0.386 e. The van der Waals surface area contributed by atoms with E-state index in [0.717, 1.165) is 4.90 Å². The van der Waals surface area contributed by atoms with Gasteiger partial charge in [0.1, 0.15) is 24.2 Å². The molecule has 0 aromatic heterocycles. The van der Waals surface area contributed by atoms with E-state index in [-0.39, 0.29) is 68.3 Å². The first-order valence-electron chi connectivity index (χ1n) is 31.8. The summed E-state index contributed by atoms with van der Waals surface area (Å²) in [5.41, 5.74) is 5.92. The number of hydrogen-bond donors (Lipinski definition) is 8. The molecule has 12 amide bonds. The van der Waals surface area contributed by atoms with Crippen LogP contribution >= 0.6 is 0 Å². The number of nitrogens with one attached hydrogen (secondary N) is 6. The van der Waals surface area contributed by atoms with Gasteiger partial charge in [-0.2, -0.15) is 0 Å². The predicted molar refractivity (Wildman–Crippen MR) is 339 cm³/mol. The van der Waals surface area contributed by atoms with Crippen molar-refractivity contribution in [1.82, 2.24) is 56.4 Å². The number of benzene rings is 1. The van der Waals surface area contributed by atoms with Crippen molar-refractivity contribution >= 4 is 65.1 Å². The lowest BCUT2D eigenvalue weighted by molar-refractivity contribution is -0.148. The van der Waals surface area contributed by atoms with E-state index in [1.165, 1.54) is 43.2 Å². The smallest absolute Gasteiger partial charge is 0.312 e. The molecule has 1 fully saturated rings. The van der Waals surface area contributed by atoms with Crippen LogP contribution in [0.25, 0.3) is 0 Å². The van der Waals surface area contributed by atoms with Crippen LogP contribution in [-0.4, -0.2) is 223 Å². The van der Waals surface area contributed by atoms with Gasteiger partial charge in [0.15, 0.2) is 0 Å². The molecule has 2 heterocycles. The van der Waals surface area contributed by atoms with Gasteiger partial charge in [0, 0.05) is 73.1 Å². The van der Waals surface area contributed by atoms with Crippen molar-refractivity contribution in [3.63, 3.8) is 0 Å². The minimum atomic E-state index is -1.25. The van der Waals surface area contributed by atoms with Gasteiger partial charge < -0.3 is 71.8 Å². The number of primary amides is 1. The third-order valence-electron chi connectivity index (χ3n) is 17.3. The molecular formula is C64H106N12O14. The summed E-state index contributed by atoms with van der Waals surface area (Å²) in [6.07, 6.45) is 2.47. The van der Waals surface area contributed by atoms with Crippen LogP contribution in [0.2, 0.25) is 0 Å². The molecule has 26 nitrogen and oxygen atoms in total. The Bertz CT molecular complexity index is 2570. The van der Waals surface area contributed by atoms with Crippen LogP contribution in [0.4, 0.5) is 4.79 Å². The Balaban J connectivity index is 1.72. The van der Waals surface area contributed by atoms with E-state index >= 15 is 0 Å². The number of nitrogens with two attached hydrogens (primary N) is 1. The number of methoxy groups -OCH3 is 2. The topological polar surface area (TPSA) is 341 Å². The fourth-order valence-electron chi connectivity index (χ4n) is 11.8. The third kappa shape index (κ3) is 22.7. The number of amides is 12. The van der Waals surface area contributed by atoms with Crippen molar-refractivity contribution in [3.8, 4) is 0 Å². The van der Waals surface area contributed by atoms with Crippen LogP contribution < -0.4 is 37.6 Å². The molecule has 0 spiro atoms. The van der Waals surface area contributed by atoms with E-state index in [2.05, 4.69) is 31.9 Å². The summed E-state index contributed by atoms with van der Waals surface area (Å²) in [7, 11) is 6.02. The van der Waals surface area contributed by atoms with Gasteiger partial charge in [-0.15, -0.1) is 0 Å². The van der Waals surface area contributed by atoms with Crippen LogP contribution in [0.3, 0.4) is 0 Å². The molecule has 90 heavy (non-hydrogen) atoms. The molecule has 12 atom stereocenters. The SMILES string of the molecule is CC[C@H](C)[C@@H]([C@@H](CC(=O)N1CCC[C@H]1[C@H](OC)[C@@H](C)C(=O)N[C@H](C)[C@@H](O)c1ccccc1)OC)N(C)C(=O)[C@@H](NC(=O)[C@H](C(C)C)N(C)C(=O)CNC(=O)C(CCCNC(N)=O)NC(=O)[C@@H](NC(=O)CCN(CC)CCCN1C(=O)C=CC1=O)C(C)C)C(C)C. The average molecular weight is 1270 g/mol. The van der Waals surface area contributed by atoms with Gasteiger partial charge in [-0.3, -0.25) is 52.8 Å². The van der Waals surface area contributed by atoms with E-state index in [1.54, 1.807) is 79.5 Å². The molecule has 0 bridgehead atoms. The maximum absolute atomic E-state index is 14.8. The number of likely N-dealkylation sites (N-methyl/N-ethyl adjacent to an activating group) is 2. The van der Waals surface area contributed by atoms with Crippen molar-refractivity contribution in [2.45, 2.75) is 188 Å². The second kappa shape index (κ2) is 38.0. The molecule has 1 saturated heterocycles. The van der Waals surface area contributed by atoms with Gasteiger partial charge in [0.25, 0.3) is 11.8 Å². The second-order valence-electron chi connectivity index (χ2n) is 24.9. The maximum Gasteiger partial charge on any atom is 0.312 e. The van der Waals surface area contributed by atoms with Crippen LogP contribution in [0.15, 0.2) is 42.5 Å². The average Bonchev–Trinajstić information content (AvgIpc) is 1.56. The van der Waals surface area contributed by atoms with Crippen molar-refractivity contribution in [1.29, 1.82) is 0 Å². The van der Waals surface area contributed by atoms with Gasteiger partial charge in [-0.1, -0.05) is 106 Å². The molecule has 9 N–H and O–H groups in total. The molecule has 1 aromatic carbocycles. The minimum absolute atomic E-state index is 0.00986. The summed E-state index contributed by atoms with van der Waals surface area (Å²) in [4.78, 5) is 156. The number of nitrogens with zero attached hydrogens (tertiary/aromatic N) is 5. The molecule has 0 radical (unpaired) electrons. The number of carbonyl (C=O) groups is 11. The zero-order valence-electron chi connectivity index (χ0n) is 55.9. The highest BCUT2D eigenvalue weighted by atomic mass is 16.5. The van der Waals surface area contributed by atoms with Crippen molar-refractivity contribution in [2.75, 3.05) is 74.1 Å². The summed E-state index contributed by atoms with van der Waals surface area (Å²) >= 11 is 0. The van der Waals surface area contributed by atoms with E-state index < -0.39 is 132 Å². The lowest BCUT2D eigenvalue weighted by Crippen LogP contribution is -2.61. The van der Waals surface area contributed by atoms with Gasteiger partial charge in [-0.05, 0) is 81.4 Å². The first-order chi connectivity index (χ1) is 42.4. The van der Waals surface area contributed by atoms with E-state index in [0.29, 0.717) is 57.4 Å². The Morgan fingerprint density at radius 1 is 0.733 bits per heavy atom. The Labute approximate surface area is 532 Å². The fourth-order valence-corrected chi connectivity index (χ4v) is 11.8. The highest BCUT2D eigenvalue weighted by molar-refractivity contribution is 6.12. The molecule has 26 heteroatoms. The molecule has 0 aliphatic carbocycles. The molecule has 2 aliphatic heterocycles. The van der Waals surface area contributed by atoms with Crippen LogP contribution in [0.1, 0.15) is 139 Å². The fraction of sp³-hybridized carbons (Fsp3) is 0.703. The highest BCUT2D eigenvalue weighted by Crippen LogP contribution is 2.30. The molecule has 2 aliphatic rings. The molecule has 3 rings (SSSR count). The minimum Gasteiger partial charge on any atom is -0.386 e. The van der Waals surface area contributed by atoms with Crippen molar-refractivity contribution < 1.29 is 67.3 Å². The molecule has 506 valence electrons. The first kappa shape index (κ1) is 77.2. The van der Waals surface area contributed by atoms with Gasteiger partial charge in [0.2, 0.25) is 47.3 Å². The third-order valence-corrected chi connectivity index (χ3v) is 17.3. The summed E-state index contributed by atoms with van der Waals surface area (Å²) in [6, 6.07) is 1.97. The lowest BCUT2D eigenvalue weighted by Gasteiger charge is -2.41. The Kier molecular flexibility index (Phi) is 32.6. The molecule has 1 unspecified atom stereocenters. The Morgan fingerprint density at radius 2 is 1.37 bits per heavy atom. The predicted octanol–water partition coefficient (Wildman–Crippen LogP) is 1.99. The summed E-state index contributed by atoms with van der Waals surface area (Å²) in [5, 5.41) is 27.3. The summed E-state index contributed by atoms with van der Waals surface area (Å²) in [5.74, 6) is -7.20.